The molecule has 0 saturated heterocycles. The van der Waals surface area contributed by atoms with Crippen molar-refractivity contribution in [2.24, 2.45) is 0 Å². The summed E-state index contributed by atoms with van der Waals surface area (Å²) < 4.78 is -0.0117. The van der Waals surface area contributed by atoms with Crippen molar-refractivity contribution < 1.29 is 20.1 Å². The number of carboxylic acid groups (broad SMARTS) is 1. The van der Waals surface area contributed by atoms with Crippen molar-refractivity contribution >= 4 is 21.9 Å². The van der Waals surface area contributed by atoms with Crippen LogP contribution >= 0.6 is 15.9 Å². The molecule has 0 fully saturated rings. The Balaban J connectivity index is 3.36. The molecule has 1 aromatic carbocycles. The van der Waals surface area contributed by atoms with Crippen LogP contribution in [0.25, 0.3) is 0 Å². The van der Waals surface area contributed by atoms with Crippen LogP contribution in [-0.4, -0.2) is 21.3 Å². The lowest BCUT2D eigenvalue weighted by atomic mass is 10.2. The van der Waals surface area contributed by atoms with Crippen LogP contribution in [0.5, 0.6) is 11.5 Å². The maximum atomic E-state index is 10.4. The maximum absolute atomic E-state index is 10.4. The van der Waals surface area contributed by atoms with E-state index < -0.39 is 11.7 Å². The zero-order valence-electron chi connectivity index (χ0n) is 5.78. The fourth-order valence-electron chi connectivity index (χ4n) is 0.726. The number of rotatable bonds is 1. The molecule has 1 rings (SSSR count). The van der Waals surface area contributed by atoms with Gasteiger partial charge in [-0.05, 0) is 28.1 Å². The smallest absolute Gasteiger partial charge is 0.339 e. The molecular weight excluding hydrogens is 228 g/mol. The van der Waals surface area contributed by atoms with E-state index in [1.807, 2.05) is 0 Å². The summed E-state index contributed by atoms with van der Waals surface area (Å²) in [5.41, 5.74) is -0.250. The SMILES string of the molecule is O=C(O)c1ccc(O)c(Br)c1O. The van der Waals surface area contributed by atoms with Crippen molar-refractivity contribution in [3.05, 3.63) is 22.2 Å². The molecule has 0 bridgehead atoms. The first-order valence-electron chi connectivity index (χ1n) is 2.97. The Kier molecular flexibility index (Phi) is 2.23. The number of aromatic carboxylic acids is 1. The monoisotopic (exact) mass is 232 g/mol. The number of phenolic OH excluding ortho intramolecular Hbond substituents is 1. The van der Waals surface area contributed by atoms with E-state index in [0.29, 0.717) is 0 Å². The Morgan fingerprint density at radius 1 is 1.33 bits per heavy atom. The zero-order valence-corrected chi connectivity index (χ0v) is 7.37. The first kappa shape index (κ1) is 8.86. The Morgan fingerprint density at radius 3 is 2.42 bits per heavy atom. The van der Waals surface area contributed by atoms with Gasteiger partial charge in [0.25, 0.3) is 0 Å². The highest BCUT2D eigenvalue weighted by atomic mass is 79.9. The molecular formula is C7H5BrO4. The largest absolute Gasteiger partial charge is 0.507 e. The van der Waals surface area contributed by atoms with Gasteiger partial charge in [-0.15, -0.1) is 0 Å². The van der Waals surface area contributed by atoms with Crippen LogP contribution in [0.3, 0.4) is 0 Å². The van der Waals surface area contributed by atoms with Gasteiger partial charge < -0.3 is 15.3 Å². The fraction of sp³-hybridized carbons (Fsp3) is 0. The lowest BCUT2D eigenvalue weighted by molar-refractivity contribution is 0.0693. The summed E-state index contributed by atoms with van der Waals surface area (Å²) in [5, 5.41) is 26.7. The molecule has 0 radical (unpaired) electrons. The average Bonchev–Trinajstić information content (AvgIpc) is 2.00. The molecule has 64 valence electrons. The van der Waals surface area contributed by atoms with Gasteiger partial charge in [0.2, 0.25) is 0 Å². The molecule has 0 aliphatic rings. The summed E-state index contributed by atoms with van der Waals surface area (Å²) >= 11 is 2.83. The van der Waals surface area contributed by atoms with E-state index in [9.17, 15) is 4.79 Å². The molecule has 1 aromatic rings. The summed E-state index contributed by atoms with van der Waals surface area (Å²) in [6, 6.07) is 2.31. The molecule has 0 aliphatic heterocycles. The highest BCUT2D eigenvalue weighted by Crippen LogP contribution is 2.35. The third-order valence-corrected chi connectivity index (χ3v) is 2.11. The third-order valence-electron chi connectivity index (χ3n) is 1.33. The van der Waals surface area contributed by atoms with Crippen molar-refractivity contribution in [3.63, 3.8) is 0 Å². The van der Waals surface area contributed by atoms with Gasteiger partial charge in [0, 0.05) is 0 Å². The minimum atomic E-state index is -1.24. The van der Waals surface area contributed by atoms with Gasteiger partial charge in [-0.25, -0.2) is 4.79 Å². The Hall–Kier alpha value is -1.23. The standard InChI is InChI=1S/C7H5BrO4/c8-5-4(9)2-1-3(6(5)10)7(11)12/h1-2,9-10H,(H,11,12). The number of halogens is 1. The minimum Gasteiger partial charge on any atom is -0.507 e. The molecule has 0 aliphatic carbocycles. The predicted octanol–water partition coefficient (Wildman–Crippen LogP) is 1.56. The van der Waals surface area contributed by atoms with Crippen molar-refractivity contribution in [1.29, 1.82) is 0 Å². The van der Waals surface area contributed by atoms with Crippen molar-refractivity contribution in [2.75, 3.05) is 0 Å². The van der Waals surface area contributed by atoms with Crippen LogP contribution in [0.1, 0.15) is 10.4 Å². The Morgan fingerprint density at radius 2 is 1.92 bits per heavy atom. The lowest BCUT2D eigenvalue weighted by Gasteiger charge is -2.02. The average molecular weight is 233 g/mol. The molecule has 12 heavy (non-hydrogen) atoms. The van der Waals surface area contributed by atoms with Crippen molar-refractivity contribution in [2.45, 2.75) is 0 Å². The number of carbonyl (C=O) groups is 1. The van der Waals surface area contributed by atoms with Crippen LogP contribution in [0.15, 0.2) is 16.6 Å². The van der Waals surface area contributed by atoms with Gasteiger partial charge in [0.1, 0.15) is 21.5 Å². The maximum Gasteiger partial charge on any atom is 0.339 e. The van der Waals surface area contributed by atoms with Gasteiger partial charge in [0.15, 0.2) is 0 Å². The van der Waals surface area contributed by atoms with E-state index in [2.05, 4.69) is 15.9 Å². The first-order chi connectivity index (χ1) is 5.54. The second-order valence-electron chi connectivity index (χ2n) is 2.10. The van der Waals surface area contributed by atoms with E-state index >= 15 is 0 Å². The molecule has 0 saturated carbocycles. The summed E-state index contributed by atoms with van der Waals surface area (Å²) in [6.45, 7) is 0. The van der Waals surface area contributed by atoms with Crippen LogP contribution < -0.4 is 0 Å². The quantitative estimate of drug-likeness (QED) is 0.687. The van der Waals surface area contributed by atoms with Gasteiger partial charge in [0.05, 0.1) is 0 Å². The Bertz CT molecular complexity index is 334. The van der Waals surface area contributed by atoms with Crippen molar-refractivity contribution in [3.8, 4) is 11.5 Å². The normalized spacial score (nSPS) is 9.75. The van der Waals surface area contributed by atoms with Gasteiger partial charge >= 0.3 is 5.97 Å². The van der Waals surface area contributed by atoms with E-state index in [0.717, 1.165) is 6.07 Å². The molecule has 0 aromatic heterocycles. The first-order valence-corrected chi connectivity index (χ1v) is 3.77. The van der Waals surface area contributed by atoms with Crippen LogP contribution in [0.2, 0.25) is 0 Å². The highest BCUT2D eigenvalue weighted by molar-refractivity contribution is 9.10. The summed E-state index contributed by atoms with van der Waals surface area (Å²) in [6.07, 6.45) is 0. The van der Waals surface area contributed by atoms with Gasteiger partial charge in [-0.3, -0.25) is 0 Å². The van der Waals surface area contributed by atoms with E-state index in [-0.39, 0.29) is 15.8 Å². The number of carboxylic acids is 1. The predicted molar refractivity (Wildman–Crippen MR) is 44.4 cm³/mol. The second-order valence-corrected chi connectivity index (χ2v) is 2.89. The molecule has 0 unspecified atom stereocenters. The minimum absolute atomic E-state index is 0.0117. The molecule has 4 nitrogen and oxygen atoms in total. The number of aromatic hydroxyl groups is 2. The molecule has 5 heteroatoms. The van der Waals surface area contributed by atoms with Crippen LogP contribution in [0.4, 0.5) is 0 Å². The van der Waals surface area contributed by atoms with Gasteiger partial charge in [-0.1, -0.05) is 0 Å². The topological polar surface area (TPSA) is 77.8 Å². The molecule has 3 N–H and O–H groups in total. The van der Waals surface area contributed by atoms with E-state index in [4.69, 9.17) is 15.3 Å². The van der Waals surface area contributed by atoms with Crippen molar-refractivity contribution in [1.82, 2.24) is 0 Å². The molecule has 0 spiro atoms. The third kappa shape index (κ3) is 1.35. The zero-order chi connectivity index (χ0) is 9.30. The molecule has 0 heterocycles. The number of phenols is 2. The number of benzene rings is 1. The lowest BCUT2D eigenvalue weighted by Crippen LogP contribution is -1.96. The molecule has 0 atom stereocenters. The fourth-order valence-corrected chi connectivity index (χ4v) is 1.07. The van der Waals surface area contributed by atoms with Gasteiger partial charge in [-0.2, -0.15) is 0 Å². The van der Waals surface area contributed by atoms with E-state index in [1.165, 1.54) is 6.07 Å². The van der Waals surface area contributed by atoms with E-state index in [1.54, 1.807) is 0 Å². The number of hydrogen-bond donors (Lipinski definition) is 3. The van der Waals surface area contributed by atoms with Crippen LogP contribution in [0, 0.1) is 0 Å². The Labute approximate surface area is 76.2 Å². The summed E-state index contributed by atoms with van der Waals surface area (Å²) in [5.74, 6) is -1.91. The molecule has 0 amide bonds. The summed E-state index contributed by atoms with van der Waals surface area (Å²) in [7, 11) is 0. The second kappa shape index (κ2) is 3.02. The summed E-state index contributed by atoms with van der Waals surface area (Å²) in [4.78, 5) is 10.4. The number of hydrogen-bond acceptors (Lipinski definition) is 3. The van der Waals surface area contributed by atoms with Crippen LogP contribution in [-0.2, 0) is 0 Å². The highest BCUT2D eigenvalue weighted by Gasteiger charge is 2.14.